The number of thioether (sulfide) groups is 1. The van der Waals surface area contributed by atoms with Crippen LogP contribution in [0.15, 0.2) is 0 Å². The number of aliphatic carboxylic acids is 1. The van der Waals surface area contributed by atoms with Gasteiger partial charge in [-0.3, -0.25) is 9.59 Å². The number of nitrogens with one attached hydrogen (secondary N) is 4. The van der Waals surface area contributed by atoms with Gasteiger partial charge in [-0.25, -0.2) is 9.59 Å². The first-order chi connectivity index (χ1) is 13.9. The van der Waals surface area contributed by atoms with Crippen molar-refractivity contribution in [2.45, 2.75) is 68.3 Å². The number of urea groups is 1. The maximum absolute atomic E-state index is 11.9. The average molecular weight is 431 g/mol. The molecule has 0 aromatic carbocycles. The summed E-state index contributed by atoms with van der Waals surface area (Å²) in [4.78, 5) is 45.4. The molecule has 2 saturated heterocycles. The quantitative estimate of drug-likeness (QED) is 0.171. The van der Waals surface area contributed by atoms with Gasteiger partial charge < -0.3 is 31.5 Å². The maximum atomic E-state index is 11.9. The lowest BCUT2D eigenvalue weighted by Gasteiger charge is -2.16. The highest BCUT2D eigenvalue weighted by molar-refractivity contribution is 8.00. The lowest BCUT2D eigenvalue weighted by molar-refractivity contribution is -0.142. The highest BCUT2D eigenvalue weighted by Gasteiger charge is 2.42. The molecule has 0 bridgehead atoms. The van der Waals surface area contributed by atoms with E-state index in [2.05, 4.69) is 21.3 Å². The van der Waals surface area contributed by atoms with Gasteiger partial charge in [-0.1, -0.05) is 6.42 Å². The molecule has 2 heterocycles. The van der Waals surface area contributed by atoms with E-state index in [1.807, 2.05) is 11.8 Å². The smallest absolute Gasteiger partial charge is 0.326 e. The Bertz CT molecular complexity index is 605. The number of hydrogen-bond donors (Lipinski definition) is 6. The molecule has 0 spiro atoms. The van der Waals surface area contributed by atoms with Crippen LogP contribution in [-0.4, -0.2) is 76.3 Å². The first-order valence-corrected chi connectivity index (χ1v) is 11.0. The second-order valence-electron chi connectivity index (χ2n) is 7.33. The number of carbonyl (C=O) groups excluding carboxylic acids is 3. The summed E-state index contributed by atoms with van der Waals surface area (Å²) in [6.45, 7) is -0.287. The summed E-state index contributed by atoms with van der Waals surface area (Å²) in [6.07, 6.45) is 4.51. The minimum Gasteiger partial charge on any atom is -0.480 e. The first-order valence-electron chi connectivity index (χ1n) is 9.99. The molecule has 2 aliphatic heterocycles. The zero-order chi connectivity index (χ0) is 21.2. The Kier molecular flexibility index (Phi) is 9.52. The van der Waals surface area contributed by atoms with Crippen LogP contribution in [0.25, 0.3) is 0 Å². The predicted molar refractivity (Wildman–Crippen MR) is 107 cm³/mol. The van der Waals surface area contributed by atoms with Gasteiger partial charge in [0.15, 0.2) is 0 Å². The Balaban J connectivity index is 1.49. The molecule has 10 nitrogen and oxygen atoms in total. The molecule has 11 heteroatoms. The molecule has 4 amide bonds. The lowest BCUT2D eigenvalue weighted by atomic mass is 10.0. The summed E-state index contributed by atoms with van der Waals surface area (Å²) >= 11 is 1.86. The van der Waals surface area contributed by atoms with E-state index in [1.54, 1.807) is 0 Å². The van der Waals surface area contributed by atoms with E-state index in [9.17, 15) is 19.2 Å². The van der Waals surface area contributed by atoms with Gasteiger partial charge in [-0.05, 0) is 32.1 Å². The van der Waals surface area contributed by atoms with Gasteiger partial charge in [0.25, 0.3) is 0 Å². The maximum Gasteiger partial charge on any atom is 0.326 e. The number of carboxylic acid groups (broad SMARTS) is 1. The molecular weight excluding hydrogens is 400 g/mol. The molecule has 4 atom stereocenters. The zero-order valence-corrected chi connectivity index (χ0v) is 17.1. The van der Waals surface area contributed by atoms with Crippen molar-refractivity contribution in [3.63, 3.8) is 0 Å². The fourth-order valence-corrected chi connectivity index (χ4v) is 5.10. The van der Waals surface area contributed by atoms with Crippen LogP contribution in [0, 0.1) is 0 Å². The Labute approximate surface area is 173 Å². The van der Waals surface area contributed by atoms with E-state index in [-0.39, 0.29) is 30.4 Å². The van der Waals surface area contributed by atoms with Gasteiger partial charge in [-0.15, -0.1) is 0 Å². The van der Waals surface area contributed by atoms with Gasteiger partial charge in [0, 0.05) is 24.0 Å². The van der Waals surface area contributed by atoms with Gasteiger partial charge in [0.2, 0.25) is 11.8 Å². The minimum absolute atomic E-state index is 0.0267. The van der Waals surface area contributed by atoms with Crippen LogP contribution < -0.4 is 21.3 Å². The Morgan fingerprint density at radius 2 is 1.93 bits per heavy atom. The lowest BCUT2D eigenvalue weighted by Crippen LogP contribution is -2.42. The van der Waals surface area contributed by atoms with E-state index in [0.717, 1.165) is 25.0 Å². The Hall–Kier alpha value is -2.01. The predicted octanol–water partition coefficient (Wildman–Crippen LogP) is -0.440. The molecule has 0 unspecified atom stereocenters. The van der Waals surface area contributed by atoms with Gasteiger partial charge in [-0.2, -0.15) is 11.8 Å². The SMILES string of the molecule is O=C(CCCC[C@@H]1SC[C@@H]2NC(=O)N[C@@H]21)NCCCC[C@H](NC(=O)CO)C(=O)O. The number of rotatable bonds is 13. The summed E-state index contributed by atoms with van der Waals surface area (Å²) in [5.41, 5.74) is 0. The average Bonchev–Trinajstić information content (AvgIpc) is 3.23. The Morgan fingerprint density at radius 3 is 2.66 bits per heavy atom. The molecule has 29 heavy (non-hydrogen) atoms. The third kappa shape index (κ3) is 7.73. The van der Waals surface area contributed by atoms with Crippen LogP contribution in [0.4, 0.5) is 4.79 Å². The highest BCUT2D eigenvalue weighted by atomic mass is 32.2. The highest BCUT2D eigenvalue weighted by Crippen LogP contribution is 2.33. The molecule has 0 radical (unpaired) electrons. The van der Waals surface area contributed by atoms with E-state index >= 15 is 0 Å². The van der Waals surface area contributed by atoms with Crippen LogP contribution in [0.2, 0.25) is 0 Å². The zero-order valence-electron chi connectivity index (χ0n) is 16.3. The van der Waals surface area contributed by atoms with Crippen LogP contribution >= 0.6 is 11.8 Å². The van der Waals surface area contributed by atoms with E-state index in [4.69, 9.17) is 10.2 Å². The van der Waals surface area contributed by atoms with Crippen LogP contribution in [-0.2, 0) is 14.4 Å². The van der Waals surface area contributed by atoms with E-state index < -0.39 is 24.5 Å². The van der Waals surface area contributed by atoms with Crippen molar-refractivity contribution in [3.05, 3.63) is 0 Å². The molecule has 0 saturated carbocycles. The normalized spacial score (nSPS) is 23.6. The van der Waals surface area contributed by atoms with Gasteiger partial charge >= 0.3 is 12.0 Å². The summed E-state index contributed by atoms with van der Waals surface area (Å²) in [5, 5.41) is 29.0. The topological polar surface area (TPSA) is 157 Å². The molecule has 2 rings (SSSR count). The number of fused-ring (bicyclic) bond motifs is 1. The van der Waals surface area contributed by atoms with Gasteiger partial charge in [0.1, 0.15) is 12.6 Å². The number of carbonyl (C=O) groups is 4. The van der Waals surface area contributed by atoms with Crippen molar-refractivity contribution in [2.75, 3.05) is 18.9 Å². The van der Waals surface area contributed by atoms with Crippen LogP contribution in [0.3, 0.4) is 0 Å². The fraction of sp³-hybridized carbons (Fsp3) is 0.778. The second kappa shape index (κ2) is 11.9. The molecule has 6 N–H and O–H groups in total. The molecule has 0 aliphatic carbocycles. The van der Waals surface area contributed by atoms with E-state index in [0.29, 0.717) is 31.1 Å². The monoisotopic (exact) mass is 430 g/mol. The van der Waals surface area contributed by atoms with Crippen LogP contribution in [0.1, 0.15) is 44.9 Å². The molecule has 0 aromatic rings. The van der Waals surface area contributed by atoms with Crippen molar-refractivity contribution in [1.82, 2.24) is 21.3 Å². The fourth-order valence-electron chi connectivity index (χ4n) is 3.56. The van der Waals surface area contributed by atoms with Crippen molar-refractivity contribution >= 4 is 35.6 Å². The van der Waals surface area contributed by atoms with E-state index in [1.165, 1.54) is 0 Å². The third-order valence-corrected chi connectivity index (χ3v) is 6.61. The molecule has 164 valence electrons. The first kappa shape index (κ1) is 23.3. The minimum atomic E-state index is -1.14. The number of carboxylic acids is 1. The largest absolute Gasteiger partial charge is 0.480 e. The number of hydrogen-bond acceptors (Lipinski definition) is 6. The summed E-state index contributed by atoms with van der Waals surface area (Å²) in [7, 11) is 0. The molecular formula is C18H30N4O6S. The Morgan fingerprint density at radius 1 is 1.14 bits per heavy atom. The van der Waals surface area contributed by atoms with Crippen molar-refractivity contribution in [1.29, 1.82) is 0 Å². The third-order valence-electron chi connectivity index (χ3n) is 5.10. The number of aliphatic hydroxyl groups excluding tert-OH is 1. The molecule has 0 aromatic heterocycles. The van der Waals surface area contributed by atoms with Crippen molar-refractivity contribution < 1.29 is 29.4 Å². The van der Waals surface area contributed by atoms with Gasteiger partial charge in [0.05, 0.1) is 12.1 Å². The molecule has 2 fully saturated rings. The van der Waals surface area contributed by atoms with Crippen molar-refractivity contribution in [3.8, 4) is 0 Å². The standard InChI is InChI=1S/C18H30N4O6S/c23-9-15(25)20-11(17(26)27)5-3-4-8-19-14(24)7-2-1-6-13-16-12(10-29-13)21-18(28)22-16/h11-13,16,23H,1-10H2,(H,19,24)(H,20,25)(H,26,27)(H2,21,22,28)/t11-,12-,13-,16-/m0/s1. The summed E-state index contributed by atoms with van der Waals surface area (Å²) in [6, 6.07) is -0.704. The van der Waals surface area contributed by atoms with Crippen molar-refractivity contribution in [2.24, 2.45) is 0 Å². The summed E-state index contributed by atoms with van der Waals surface area (Å²) < 4.78 is 0. The number of aliphatic hydroxyl groups is 1. The number of amides is 4. The number of unbranched alkanes of at least 4 members (excludes halogenated alkanes) is 2. The summed E-state index contributed by atoms with van der Waals surface area (Å²) in [5.74, 6) is -0.957. The second-order valence-corrected chi connectivity index (χ2v) is 8.60. The van der Waals surface area contributed by atoms with Crippen LogP contribution in [0.5, 0.6) is 0 Å². The molecule has 2 aliphatic rings.